The van der Waals surface area contributed by atoms with Crippen LogP contribution in [0.3, 0.4) is 0 Å². The molecule has 2 aromatic heterocycles. The number of carbonyl (C=O) groups is 1. The van der Waals surface area contributed by atoms with Gasteiger partial charge in [-0.3, -0.25) is 9.78 Å². The van der Waals surface area contributed by atoms with E-state index < -0.39 is 0 Å². The highest BCUT2D eigenvalue weighted by molar-refractivity contribution is 5.91. The van der Waals surface area contributed by atoms with Crippen LogP contribution in [0.2, 0.25) is 0 Å². The van der Waals surface area contributed by atoms with E-state index in [1.54, 1.807) is 19.4 Å². The second-order valence-corrected chi connectivity index (χ2v) is 6.99. The number of amides is 1. The Morgan fingerprint density at radius 3 is 2.70 bits per heavy atom. The van der Waals surface area contributed by atoms with Crippen LogP contribution < -0.4 is 10.1 Å². The molecule has 2 N–H and O–H groups in total. The van der Waals surface area contributed by atoms with E-state index in [1.165, 1.54) is 12.1 Å². The second kappa shape index (κ2) is 8.78. The van der Waals surface area contributed by atoms with Gasteiger partial charge in [0.25, 0.3) is 0 Å². The van der Waals surface area contributed by atoms with Crippen LogP contribution >= 0.6 is 0 Å². The minimum absolute atomic E-state index is 0.0768. The number of aryl methyl sites for hydroxylation is 1. The lowest BCUT2D eigenvalue weighted by Crippen LogP contribution is -2.23. The van der Waals surface area contributed by atoms with Crippen LogP contribution in [0, 0.1) is 5.82 Å². The van der Waals surface area contributed by atoms with Crippen molar-refractivity contribution in [3.05, 3.63) is 83.9 Å². The first-order valence-corrected chi connectivity index (χ1v) is 9.75. The zero-order valence-corrected chi connectivity index (χ0v) is 16.6. The molecular formula is C24H22FN3O2. The maximum Gasteiger partial charge on any atom is 0.220 e. The summed E-state index contributed by atoms with van der Waals surface area (Å²) >= 11 is 0. The number of hydrogen-bond donors (Lipinski definition) is 2. The monoisotopic (exact) mass is 403 g/mol. The van der Waals surface area contributed by atoms with E-state index in [0.717, 1.165) is 39.2 Å². The smallest absolute Gasteiger partial charge is 0.220 e. The van der Waals surface area contributed by atoms with E-state index in [9.17, 15) is 9.18 Å². The Bertz CT molecular complexity index is 1150. The highest BCUT2D eigenvalue weighted by Gasteiger charge is 2.15. The predicted octanol–water partition coefficient (Wildman–Crippen LogP) is 4.63. The van der Waals surface area contributed by atoms with Crippen LogP contribution in [0.5, 0.6) is 5.75 Å². The van der Waals surface area contributed by atoms with Crippen molar-refractivity contribution in [3.8, 4) is 17.0 Å². The number of benzene rings is 2. The third-order valence-corrected chi connectivity index (χ3v) is 5.04. The fourth-order valence-corrected chi connectivity index (χ4v) is 3.50. The lowest BCUT2D eigenvalue weighted by Gasteiger charge is -2.08. The molecule has 0 aliphatic rings. The van der Waals surface area contributed by atoms with Gasteiger partial charge in [-0.05, 0) is 72.1 Å². The minimum Gasteiger partial charge on any atom is -0.497 e. The van der Waals surface area contributed by atoms with E-state index in [1.807, 2.05) is 42.5 Å². The summed E-state index contributed by atoms with van der Waals surface area (Å²) in [4.78, 5) is 20.0. The molecule has 0 unspecified atom stereocenters. The molecule has 0 fully saturated rings. The van der Waals surface area contributed by atoms with E-state index in [2.05, 4.69) is 15.3 Å². The zero-order valence-electron chi connectivity index (χ0n) is 16.6. The number of methoxy groups -OCH3 is 1. The Kier molecular flexibility index (Phi) is 5.75. The number of rotatable bonds is 7. The quantitative estimate of drug-likeness (QED) is 0.473. The molecule has 2 aromatic carbocycles. The largest absolute Gasteiger partial charge is 0.497 e. The standard InChI is InChI=1S/C24H22FN3O2/c1-30-19-8-5-16(6-9-19)24-20(21-14-17(25)7-11-22(21)28-24)10-12-23(29)27-15-18-4-2-3-13-26-18/h2-9,11,13-14,28H,10,12,15H2,1H3,(H,27,29). The molecule has 4 rings (SSSR count). The topological polar surface area (TPSA) is 67.0 Å². The van der Waals surface area contributed by atoms with Crippen molar-refractivity contribution in [3.63, 3.8) is 0 Å². The molecule has 4 aromatic rings. The predicted molar refractivity (Wildman–Crippen MR) is 115 cm³/mol. The molecule has 2 heterocycles. The Labute approximate surface area is 173 Å². The molecule has 0 aliphatic carbocycles. The van der Waals surface area contributed by atoms with Gasteiger partial charge in [-0.15, -0.1) is 0 Å². The third-order valence-electron chi connectivity index (χ3n) is 5.04. The van der Waals surface area contributed by atoms with Crippen molar-refractivity contribution in [1.82, 2.24) is 15.3 Å². The summed E-state index contributed by atoms with van der Waals surface area (Å²) < 4.78 is 19.2. The van der Waals surface area contributed by atoms with Crippen LogP contribution in [-0.2, 0) is 17.8 Å². The van der Waals surface area contributed by atoms with Crippen molar-refractivity contribution < 1.29 is 13.9 Å². The fraction of sp³-hybridized carbons (Fsp3) is 0.167. The van der Waals surface area contributed by atoms with Gasteiger partial charge in [-0.25, -0.2) is 4.39 Å². The van der Waals surface area contributed by atoms with Crippen LogP contribution in [0.4, 0.5) is 4.39 Å². The average Bonchev–Trinajstić information content (AvgIpc) is 3.14. The van der Waals surface area contributed by atoms with Gasteiger partial charge in [0, 0.05) is 29.2 Å². The van der Waals surface area contributed by atoms with Crippen LogP contribution in [0.1, 0.15) is 17.7 Å². The normalized spacial score (nSPS) is 10.9. The molecule has 0 atom stereocenters. The zero-order chi connectivity index (χ0) is 20.9. The molecule has 0 saturated carbocycles. The summed E-state index contributed by atoms with van der Waals surface area (Å²) in [5.41, 5.74) is 4.40. The van der Waals surface area contributed by atoms with Crippen molar-refractivity contribution in [2.24, 2.45) is 0 Å². The number of fused-ring (bicyclic) bond motifs is 1. The number of hydrogen-bond acceptors (Lipinski definition) is 3. The highest BCUT2D eigenvalue weighted by atomic mass is 19.1. The van der Waals surface area contributed by atoms with Crippen LogP contribution in [-0.4, -0.2) is 23.0 Å². The van der Waals surface area contributed by atoms with Crippen molar-refractivity contribution in [2.45, 2.75) is 19.4 Å². The van der Waals surface area contributed by atoms with Gasteiger partial charge < -0.3 is 15.0 Å². The van der Waals surface area contributed by atoms with E-state index in [4.69, 9.17) is 4.74 Å². The van der Waals surface area contributed by atoms with Crippen molar-refractivity contribution in [2.75, 3.05) is 7.11 Å². The lowest BCUT2D eigenvalue weighted by molar-refractivity contribution is -0.121. The maximum absolute atomic E-state index is 13.9. The van der Waals surface area contributed by atoms with Gasteiger partial charge in [0.1, 0.15) is 11.6 Å². The van der Waals surface area contributed by atoms with Crippen molar-refractivity contribution in [1.29, 1.82) is 0 Å². The number of aromatic amines is 1. The third kappa shape index (κ3) is 4.33. The molecule has 0 radical (unpaired) electrons. The molecule has 152 valence electrons. The molecule has 5 nitrogen and oxygen atoms in total. The Morgan fingerprint density at radius 1 is 1.13 bits per heavy atom. The number of carbonyl (C=O) groups excluding carboxylic acids is 1. The number of aromatic nitrogens is 2. The number of nitrogens with zero attached hydrogens (tertiary/aromatic N) is 1. The molecule has 1 amide bonds. The lowest BCUT2D eigenvalue weighted by atomic mass is 10.0. The molecule has 0 bridgehead atoms. The van der Waals surface area contributed by atoms with Crippen molar-refractivity contribution >= 4 is 16.8 Å². The van der Waals surface area contributed by atoms with Crippen LogP contribution in [0.25, 0.3) is 22.2 Å². The molecule has 0 aliphatic heterocycles. The van der Waals surface area contributed by atoms with Gasteiger partial charge in [-0.1, -0.05) is 6.07 Å². The number of pyridine rings is 1. The fourth-order valence-electron chi connectivity index (χ4n) is 3.50. The molecule has 6 heteroatoms. The summed E-state index contributed by atoms with van der Waals surface area (Å²) in [7, 11) is 1.62. The first-order chi connectivity index (χ1) is 14.6. The summed E-state index contributed by atoms with van der Waals surface area (Å²) in [6.07, 6.45) is 2.47. The minimum atomic E-state index is -0.302. The maximum atomic E-state index is 13.9. The molecular weight excluding hydrogens is 381 g/mol. The summed E-state index contributed by atoms with van der Waals surface area (Å²) in [5.74, 6) is 0.382. The number of H-pyrrole nitrogens is 1. The Hall–Kier alpha value is -3.67. The van der Waals surface area contributed by atoms with Gasteiger partial charge in [0.2, 0.25) is 5.91 Å². The van der Waals surface area contributed by atoms with E-state index >= 15 is 0 Å². The summed E-state index contributed by atoms with van der Waals surface area (Å²) in [6, 6.07) is 17.9. The summed E-state index contributed by atoms with van der Waals surface area (Å²) in [6.45, 7) is 0.382. The SMILES string of the molecule is COc1ccc(-c2[nH]c3ccc(F)cc3c2CCC(=O)NCc2ccccn2)cc1. The number of nitrogens with one attached hydrogen (secondary N) is 2. The first-order valence-electron chi connectivity index (χ1n) is 9.75. The van der Waals surface area contributed by atoms with Gasteiger partial charge in [-0.2, -0.15) is 0 Å². The molecule has 0 spiro atoms. The van der Waals surface area contributed by atoms with Gasteiger partial charge in [0.15, 0.2) is 0 Å². The second-order valence-electron chi connectivity index (χ2n) is 6.99. The first kappa shape index (κ1) is 19.6. The average molecular weight is 403 g/mol. The molecule has 0 saturated heterocycles. The van der Waals surface area contributed by atoms with Gasteiger partial charge >= 0.3 is 0 Å². The highest BCUT2D eigenvalue weighted by Crippen LogP contribution is 2.32. The number of halogens is 1. The van der Waals surface area contributed by atoms with E-state index in [-0.39, 0.29) is 11.7 Å². The molecule has 30 heavy (non-hydrogen) atoms. The van der Waals surface area contributed by atoms with E-state index in [0.29, 0.717) is 19.4 Å². The Balaban J connectivity index is 1.56. The summed E-state index contributed by atoms with van der Waals surface area (Å²) in [5, 5.41) is 3.68. The van der Waals surface area contributed by atoms with Crippen LogP contribution in [0.15, 0.2) is 66.9 Å². The Morgan fingerprint density at radius 2 is 1.97 bits per heavy atom. The number of ether oxygens (including phenoxy) is 1. The van der Waals surface area contributed by atoms with Gasteiger partial charge in [0.05, 0.1) is 19.3 Å².